The molecule has 3 rings (SSSR count). The van der Waals surface area contributed by atoms with Crippen LogP contribution in [0.3, 0.4) is 0 Å². The molecule has 0 aliphatic carbocycles. The number of nitrogens with zero attached hydrogens (tertiary/aromatic N) is 2. The molecule has 1 saturated heterocycles. The Labute approximate surface area is 207 Å². The second kappa shape index (κ2) is 13.0. The van der Waals surface area contributed by atoms with Crippen LogP contribution >= 0.6 is 0 Å². The molecule has 1 aromatic heterocycles. The maximum Gasteiger partial charge on any atom is 0.326 e. The van der Waals surface area contributed by atoms with Crippen molar-refractivity contribution in [2.24, 2.45) is 0 Å². The highest BCUT2D eigenvalue weighted by Gasteiger charge is 2.40. The summed E-state index contributed by atoms with van der Waals surface area (Å²) in [6.07, 6.45) is 2.18. The Morgan fingerprint density at radius 1 is 1.20 bits per heavy atom. The van der Waals surface area contributed by atoms with E-state index in [-0.39, 0.29) is 36.6 Å². The van der Waals surface area contributed by atoms with E-state index in [2.05, 4.69) is 4.98 Å². The van der Waals surface area contributed by atoms with Gasteiger partial charge in [-0.25, -0.2) is 13.4 Å². The van der Waals surface area contributed by atoms with Crippen molar-refractivity contribution in [3.05, 3.63) is 53.7 Å². The van der Waals surface area contributed by atoms with Crippen LogP contribution in [0, 0.1) is 6.92 Å². The lowest BCUT2D eigenvalue weighted by Gasteiger charge is -2.33. The Balaban J connectivity index is 1.59. The van der Waals surface area contributed by atoms with Crippen LogP contribution in [-0.4, -0.2) is 69.3 Å². The topological polar surface area (TPSA) is 104 Å². The van der Waals surface area contributed by atoms with Gasteiger partial charge in [-0.05, 0) is 50.8 Å². The first-order valence-corrected chi connectivity index (χ1v) is 13.2. The van der Waals surface area contributed by atoms with E-state index in [9.17, 15) is 13.2 Å². The fourth-order valence-electron chi connectivity index (χ4n) is 3.77. The Morgan fingerprint density at radius 2 is 1.97 bits per heavy atom. The highest BCUT2D eigenvalue weighted by Crippen LogP contribution is 2.29. The Hall–Kier alpha value is -2.53. The number of morpholine rings is 1. The number of hydrogen-bond acceptors (Lipinski definition) is 8. The van der Waals surface area contributed by atoms with Gasteiger partial charge in [-0.15, -0.1) is 0 Å². The van der Waals surface area contributed by atoms with Gasteiger partial charge in [0, 0.05) is 18.8 Å². The average Bonchev–Trinajstić information content (AvgIpc) is 2.86. The van der Waals surface area contributed by atoms with Gasteiger partial charge < -0.3 is 18.9 Å². The molecule has 1 fully saturated rings. The highest BCUT2D eigenvalue weighted by molar-refractivity contribution is 7.89. The van der Waals surface area contributed by atoms with E-state index in [1.54, 1.807) is 13.0 Å². The summed E-state index contributed by atoms with van der Waals surface area (Å²) in [7, 11) is -2.85. The van der Waals surface area contributed by atoms with Gasteiger partial charge >= 0.3 is 5.97 Å². The molecule has 0 amide bonds. The molecular formula is C25H34N2O7S. The second-order valence-electron chi connectivity index (χ2n) is 8.45. The number of methoxy groups -OCH3 is 1. The molecule has 0 saturated carbocycles. The van der Waals surface area contributed by atoms with Crippen molar-refractivity contribution < 1.29 is 32.2 Å². The van der Waals surface area contributed by atoms with Crippen molar-refractivity contribution >= 4 is 16.0 Å². The molecule has 10 heteroatoms. The van der Waals surface area contributed by atoms with Crippen molar-refractivity contribution in [1.29, 1.82) is 0 Å². The molecule has 0 N–H and O–H groups in total. The number of aromatic nitrogens is 1. The number of benzene rings is 1. The first-order chi connectivity index (χ1) is 16.8. The average molecular weight is 507 g/mol. The van der Waals surface area contributed by atoms with E-state index >= 15 is 0 Å². The van der Waals surface area contributed by atoms with Crippen LogP contribution in [0.4, 0.5) is 0 Å². The lowest BCUT2D eigenvalue weighted by Crippen LogP contribution is -2.52. The zero-order valence-electron chi connectivity index (χ0n) is 20.5. The van der Waals surface area contributed by atoms with Crippen LogP contribution in [0.15, 0.2) is 47.4 Å². The number of carbonyl (C=O) groups excluding carboxylic acids is 1. The zero-order chi connectivity index (χ0) is 25.3. The van der Waals surface area contributed by atoms with Crippen molar-refractivity contribution in [2.75, 3.05) is 33.5 Å². The summed E-state index contributed by atoms with van der Waals surface area (Å²) >= 11 is 0. The van der Waals surface area contributed by atoms with Crippen LogP contribution in [0.25, 0.3) is 0 Å². The third kappa shape index (κ3) is 7.47. The second-order valence-corrected chi connectivity index (χ2v) is 10.3. The fourth-order valence-corrected chi connectivity index (χ4v) is 5.38. The quantitative estimate of drug-likeness (QED) is 0.320. The molecule has 1 aliphatic rings. The van der Waals surface area contributed by atoms with Gasteiger partial charge in [-0.3, -0.25) is 4.79 Å². The van der Waals surface area contributed by atoms with Crippen LogP contribution in [0.1, 0.15) is 37.4 Å². The summed E-state index contributed by atoms with van der Waals surface area (Å²) in [6.45, 7) is 5.02. The maximum absolute atomic E-state index is 13.5. The van der Waals surface area contributed by atoms with E-state index in [0.29, 0.717) is 25.3 Å². The van der Waals surface area contributed by atoms with Crippen molar-refractivity contribution in [2.45, 2.75) is 56.8 Å². The Bertz CT molecular complexity index is 1060. The minimum atomic E-state index is -4.07. The molecule has 2 aromatic rings. The standard InChI is InChI=1S/C25H34N2O7S/c1-19-12-13-23(35(29,30)27-14-16-33-18-22(27)25(28)31-3)24(26-19)34-20(2)9-7-8-15-32-17-21-10-5-4-6-11-21/h4-6,10-13,20,22H,7-9,14-18H2,1-3H3/t20-,22+/m1/s1. The van der Waals surface area contributed by atoms with Gasteiger partial charge in [0.1, 0.15) is 10.9 Å². The minimum absolute atomic E-state index is 0.0351. The summed E-state index contributed by atoms with van der Waals surface area (Å²) in [5.74, 6) is -0.633. The molecule has 0 radical (unpaired) electrons. The maximum atomic E-state index is 13.5. The van der Waals surface area contributed by atoms with E-state index in [0.717, 1.165) is 22.7 Å². The molecule has 35 heavy (non-hydrogen) atoms. The van der Waals surface area contributed by atoms with Gasteiger partial charge in [0.25, 0.3) is 0 Å². The summed E-state index contributed by atoms with van der Waals surface area (Å²) in [5.41, 5.74) is 1.77. The number of carbonyl (C=O) groups is 1. The number of rotatable bonds is 12. The van der Waals surface area contributed by atoms with Crippen LogP contribution in [0.5, 0.6) is 5.88 Å². The molecule has 0 unspecified atom stereocenters. The van der Waals surface area contributed by atoms with E-state index in [1.165, 1.54) is 13.2 Å². The number of unbranched alkanes of at least 4 members (excludes halogenated alkanes) is 1. The van der Waals surface area contributed by atoms with Gasteiger partial charge in [0.15, 0.2) is 0 Å². The lowest BCUT2D eigenvalue weighted by atomic mass is 10.2. The van der Waals surface area contributed by atoms with Crippen molar-refractivity contribution in [1.82, 2.24) is 9.29 Å². The summed E-state index contributed by atoms with van der Waals surface area (Å²) in [5, 5.41) is 0. The van der Waals surface area contributed by atoms with Gasteiger partial charge in [-0.2, -0.15) is 4.31 Å². The van der Waals surface area contributed by atoms with Crippen molar-refractivity contribution in [3.8, 4) is 5.88 Å². The largest absolute Gasteiger partial charge is 0.474 e. The number of sulfonamides is 1. The molecule has 0 spiro atoms. The minimum Gasteiger partial charge on any atom is -0.474 e. The predicted octanol–water partition coefficient (Wildman–Crippen LogP) is 3.11. The summed E-state index contributed by atoms with van der Waals surface area (Å²) < 4.78 is 49.9. The number of ether oxygens (including phenoxy) is 4. The predicted molar refractivity (Wildman–Crippen MR) is 130 cm³/mol. The smallest absolute Gasteiger partial charge is 0.326 e. The highest BCUT2D eigenvalue weighted by atomic mass is 32.2. The molecule has 192 valence electrons. The number of hydrogen-bond donors (Lipinski definition) is 0. The lowest BCUT2D eigenvalue weighted by molar-refractivity contribution is -0.149. The number of esters is 1. The fraction of sp³-hybridized carbons (Fsp3) is 0.520. The molecular weight excluding hydrogens is 472 g/mol. The normalized spacial score (nSPS) is 17.6. The SMILES string of the molecule is COC(=O)[C@@H]1COCCN1S(=O)(=O)c1ccc(C)nc1O[C@H](C)CCCCOCc1ccccc1. The molecule has 2 atom stereocenters. The van der Waals surface area contributed by atoms with Crippen LogP contribution in [0.2, 0.25) is 0 Å². The molecule has 9 nitrogen and oxygen atoms in total. The third-order valence-electron chi connectivity index (χ3n) is 5.68. The third-order valence-corrected chi connectivity index (χ3v) is 7.60. The summed E-state index contributed by atoms with van der Waals surface area (Å²) in [6, 6.07) is 12.0. The summed E-state index contributed by atoms with van der Waals surface area (Å²) in [4.78, 5) is 16.5. The van der Waals surface area contributed by atoms with Crippen LogP contribution < -0.4 is 4.74 Å². The van der Waals surface area contributed by atoms with Gasteiger partial charge in [-0.1, -0.05) is 30.3 Å². The number of pyridine rings is 1. The van der Waals surface area contributed by atoms with E-state index < -0.39 is 22.0 Å². The molecule has 0 bridgehead atoms. The first kappa shape index (κ1) is 27.1. The number of aryl methyl sites for hydroxylation is 1. The van der Waals surface area contributed by atoms with E-state index in [4.69, 9.17) is 18.9 Å². The van der Waals surface area contributed by atoms with Gasteiger partial charge in [0.05, 0.1) is 33.0 Å². The zero-order valence-corrected chi connectivity index (χ0v) is 21.3. The Kier molecular flexibility index (Phi) is 10.0. The molecule has 2 heterocycles. The van der Waals surface area contributed by atoms with Crippen molar-refractivity contribution in [3.63, 3.8) is 0 Å². The monoisotopic (exact) mass is 506 g/mol. The molecule has 1 aliphatic heterocycles. The Morgan fingerprint density at radius 3 is 2.71 bits per heavy atom. The van der Waals surface area contributed by atoms with E-state index in [1.807, 2.05) is 37.3 Å². The first-order valence-electron chi connectivity index (χ1n) is 11.8. The van der Waals surface area contributed by atoms with Gasteiger partial charge in [0.2, 0.25) is 15.9 Å². The van der Waals surface area contributed by atoms with Crippen LogP contribution in [-0.2, 0) is 35.6 Å². The molecule has 1 aromatic carbocycles.